The van der Waals surface area contributed by atoms with Crippen LogP contribution in [0.15, 0.2) is 29.6 Å². The summed E-state index contributed by atoms with van der Waals surface area (Å²) in [5.41, 5.74) is 0.116. The van der Waals surface area contributed by atoms with Crippen LogP contribution in [-0.4, -0.2) is 22.7 Å². The van der Waals surface area contributed by atoms with Gasteiger partial charge in [0.25, 0.3) is 0 Å². The fourth-order valence-electron chi connectivity index (χ4n) is 3.08. The second kappa shape index (κ2) is 9.67. The van der Waals surface area contributed by atoms with Gasteiger partial charge in [-0.15, -0.1) is 11.3 Å². The number of nitrogens with one attached hydrogen (secondary N) is 1. The first-order valence-corrected chi connectivity index (χ1v) is 10.4. The fourth-order valence-corrected chi connectivity index (χ4v) is 3.90. The second-order valence-corrected chi connectivity index (χ2v) is 8.02. The lowest BCUT2D eigenvalue weighted by Gasteiger charge is -2.23. The predicted octanol–water partition coefficient (Wildman–Crippen LogP) is 4.15. The number of carbonyl (C=O) groups is 2. The number of rotatable bonds is 7. The van der Waals surface area contributed by atoms with Crippen LogP contribution in [0.5, 0.6) is 5.75 Å². The highest BCUT2D eigenvalue weighted by atomic mass is 35.5. The van der Waals surface area contributed by atoms with Crippen LogP contribution in [0.3, 0.4) is 0 Å². The van der Waals surface area contributed by atoms with Crippen molar-refractivity contribution >= 4 is 34.6 Å². The number of nitriles is 1. The lowest BCUT2D eigenvalue weighted by Crippen LogP contribution is -2.42. The van der Waals surface area contributed by atoms with Crippen molar-refractivity contribution in [1.82, 2.24) is 10.3 Å². The van der Waals surface area contributed by atoms with Gasteiger partial charge in [-0.25, -0.2) is 4.98 Å². The quantitative estimate of drug-likeness (QED) is 0.539. The summed E-state index contributed by atoms with van der Waals surface area (Å²) in [6.07, 6.45) is 5.05. The first-order valence-electron chi connectivity index (χ1n) is 9.14. The van der Waals surface area contributed by atoms with Gasteiger partial charge in [0.1, 0.15) is 23.1 Å². The SMILES string of the molecule is N#CC(C(=O)NC1CCCCC1)C(=O)c1csc(COc2ccc(Cl)cc2)n1. The maximum Gasteiger partial charge on any atom is 0.245 e. The number of halogens is 1. The predicted molar refractivity (Wildman–Crippen MR) is 106 cm³/mol. The summed E-state index contributed by atoms with van der Waals surface area (Å²) >= 11 is 7.09. The van der Waals surface area contributed by atoms with Gasteiger partial charge in [-0.3, -0.25) is 9.59 Å². The van der Waals surface area contributed by atoms with Gasteiger partial charge in [0.05, 0.1) is 6.07 Å². The number of thiazole rings is 1. The third kappa shape index (κ3) is 5.31. The molecule has 0 spiro atoms. The molecular weight excluding hydrogens is 398 g/mol. The molecule has 1 saturated carbocycles. The Kier molecular flexibility index (Phi) is 7.01. The van der Waals surface area contributed by atoms with Crippen molar-refractivity contribution in [2.45, 2.75) is 44.8 Å². The third-order valence-corrected chi connectivity index (χ3v) is 5.66. The Labute approximate surface area is 172 Å². The van der Waals surface area contributed by atoms with Crippen molar-refractivity contribution in [1.29, 1.82) is 5.26 Å². The van der Waals surface area contributed by atoms with Crippen LogP contribution in [0.4, 0.5) is 0 Å². The molecule has 1 heterocycles. The lowest BCUT2D eigenvalue weighted by atomic mass is 9.94. The van der Waals surface area contributed by atoms with E-state index in [4.69, 9.17) is 16.3 Å². The average molecular weight is 418 g/mol. The molecule has 146 valence electrons. The van der Waals surface area contributed by atoms with Crippen molar-refractivity contribution in [3.63, 3.8) is 0 Å². The van der Waals surface area contributed by atoms with Crippen LogP contribution < -0.4 is 10.1 Å². The largest absolute Gasteiger partial charge is 0.486 e. The van der Waals surface area contributed by atoms with Gasteiger partial charge >= 0.3 is 0 Å². The lowest BCUT2D eigenvalue weighted by molar-refractivity contribution is -0.123. The number of nitrogens with zero attached hydrogens (tertiary/aromatic N) is 2. The highest BCUT2D eigenvalue weighted by Gasteiger charge is 2.31. The number of amides is 1. The molecule has 1 aromatic carbocycles. The molecule has 1 aliphatic rings. The molecule has 1 amide bonds. The summed E-state index contributed by atoms with van der Waals surface area (Å²) in [4.78, 5) is 29.2. The fraction of sp³-hybridized carbons (Fsp3) is 0.400. The van der Waals surface area contributed by atoms with E-state index >= 15 is 0 Å². The number of carbonyl (C=O) groups excluding carboxylic acids is 2. The van der Waals surface area contributed by atoms with Gasteiger partial charge in [-0.2, -0.15) is 5.26 Å². The van der Waals surface area contributed by atoms with Gasteiger partial charge in [-0.1, -0.05) is 30.9 Å². The summed E-state index contributed by atoms with van der Waals surface area (Å²) in [5, 5.41) is 14.9. The van der Waals surface area contributed by atoms with Gasteiger partial charge in [0.2, 0.25) is 11.7 Å². The smallest absolute Gasteiger partial charge is 0.245 e. The third-order valence-electron chi connectivity index (χ3n) is 4.59. The zero-order valence-corrected chi connectivity index (χ0v) is 16.8. The highest BCUT2D eigenvalue weighted by molar-refractivity contribution is 7.09. The van der Waals surface area contributed by atoms with Crippen LogP contribution in [0, 0.1) is 17.2 Å². The molecule has 1 aromatic heterocycles. The van der Waals surface area contributed by atoms with Crippen molar-refractivity contribution in [2.75, 3.05) is 0 Å². The summed E-state index contributed by atoms with van der Waals surface area (Å²) in [5.74, 6) is -1.86. The Balaban J connectivity index is 1.58. The standard InChI is InChI=1S/C20H20ClN3O3S/c21-13-6-8-15(9-7-13)27-11-18-24-17(12-28-18)19(25)16(10-22)20(26)23-14-4-2-1-3-5-14/h6-9,12,14,16H,1-5,11H2,(H,23,26). The normalized spacial score (nSPS) is 15.4. The van der Waals surface area contributed by atoms with Crippen LogP contribution in [0.2, 0.25) is 5.02 Å². The Bertz CT molecular complexity index is 870. The average Bonchev–Trinajstić information content (AvgIpc) is 3.18. The van der Waals surface area contributed by atoms with Crippen LogP contribution in [0.25, 0.3) is 0 Å². The Hall–Kier alpha value is -2.43. The Morgan fingerprint density at radius 1 is 1.29 bits per heavy atom. The minimum absolute atomic E-state index is 0.0451. The van der Waals surface area contributed by atoms with E-state index in [0.29, 0.717) is 15.8 Å². The molecule has 0 bridgehead atoms. The zero-order chi connectivity index (χ0) is 19.9. The van der Waals surface area contributed by atoms with E-state index in [-0.39, 0.29) is 18.3 Å². The molecular formula is C20H20ClN3O3S. The number of aromatic nitrogens is 1. The molecule has 28 heavy (non-hydrogen) atoms. The number of hydrogen-bond donors (Lipinski definition) is 1. The molecule has 0 aliphatic heterocycles. The van der Waals surface area contributed by atoms with Crippen LogP contribution in [0.1, 0.15) is 47.6 Å². The van der Waals surface area contributed by atoms with Crippen molar-refractivity contribution < 1.29 is 14.3 Å². The minimum atomic E-state index is -1.38. The number of ether oxygens (including phenoxy) is 1. The first-order chi connectivity index (χ1) is 13.6. The van der Waals surface area contributed by atoms with E-state index in [1.54, 1.807) is 29.6 Å². The van der Waals surface area contributed by atoms with E-state index in [9.17, 15) is 14.9 Å². The maximum absolute atomic E-state index is 12.6. The van der Waals surface area contributed by atoms with E-state index < -0.39 is 17.6 Å². The van der Waals surface area contributed by atoms with Crippen molar-refractivity contribution in [2.24, 2.45) is 5.92 Å². The molecule has 1 unspecified atom stereocenters. The van der Waals surface area contributed by atoms with E-state index in [0.717, 1.165) is 32.1 Å². The molecule has 6 nitrogen and oxygen atoms in total. The molecule has 0 saturated heterocycles. The summed E-state index contributed by atoms with van der Waals surface area (Å²) in [7, 11) is 0. The monoisotopic (exact) mass is 417 g/mol. The summed E-state index contributed by atoms with van der Waals surface area (Å²) < 4.78 is 5.61. The number of hydrogen-bond acceptors (Lipinski definition) is 6. The first kappa shape index (κ1) is 20.3. The van der Waals surface area contributed by atoms with Gasteiger partial charge in [0.15, 0.2) is 5.92 Å². The van der Waals surface area contributed by atoms with E-state index in [1.165, 1.54) is 11.3 Å². The highest BCUT2D eigenvalue weighted by Crippen LogP contribution is 2.21. The Morgan fingerprint density at radius 3 is 2.68 bits per heavy atom. The molecule has 1 atom stereocenters. The number of benzene rings is 1. The van der Waals surface area contributed by atoms with E-state index in [1.807, 2.05) is 6.07 Å². The molecule has 3 rings (SSSR count). The van der Waals surface area contributed by atoms with E-state index in [2.05, 4.69) is 10.3 Å². The minimum Gasteiger partial charge on any atom is -0.486 e. The molecule has 0 radical (unpaired) electrons. The van der Waals surface area contributed by atoms with Gasteiger partial charge < -0.3 is 10.1 Å². The second-order valence-electron chi connectivity index (χ2n) is 6.64. The van der Waals surface area contributed by atoms with Crippen molar-refractivity contribution in [3.05, 3.63) is 45.4 Å². The molecule has 1 N–H and O–H groups in total. The number of ketones is 1. The molecule has 1 aliphatic carbocycles. The zero-order valence-electron chi connectivity index (χ0n) is 15.2. The molecule has 1 fully saturated rings. The summed E-state index contributed by atoms with van der Waals surface area (Å²) in [6, 6.07) is 8.78. The molecule has 8 heteroatoms. The van der Waals surface area contributed by atoms with Crippen molar-refractivity contribution in [3.8, 4) is 11.8 Å². The van der Waals surface area contributed by atoms with Crippen LogP contribution in [-0.2, 0) is 11.4 Å². The molecule has 2 aromatic rings. The van der Waals surface area contributed by atoms with Gasteiger partial charge in [-0.05, 0) is 37.1 Å². The van der Waals surface area contributed by atoms with Gasteiger partial charge in [0, 0.05) is 16.4 Å². The summed E-state index contributed by atoms with van der Waals surface area (Å²) in [6.45, 7) is 0.186. The topological polar surface area (TPSA) is 92.1 Å². The Morgan fingerprint density at radius 2 is 2.00 bits per heavy atom. The number of Topliss-reactive ketones (excluding diaryl/α,β-unsaturated/α-hetero) is 1. The van der Waals surface area contributed by atoms with Crippen LogP contribution >= 0.6 is 22.9 Å². The maximum atomic E-state index is 12.6.